The number of alkyl halides is 4. The highest BCUT2D eigenvalue weighted by Crippen LogP contribution is 2.39. The number of nitro groups is 1. The summed E-state index contributed by atoms with van der Waals surface area (Å²) in [6, 6.07) is 2.06. The molecule has 16 heavy (non-hydrogen) atoms. The van der Waals surface area contributed by atoms with E-state index in [1.165, 1.54) is 13.0 Å². The van der Waals surface area contributed by atoms with Gasteiger partial charge in [0.1, 0.15) is 5.56 Å². The number of halogens is 4. The van der Waals surface area contributed by atoms with Gasteiger partial charge in [-0.25, -0.2) is 0 Å². The zero-order valence-corrected chi connectivity index (χ0v) is 8.89. The maximum atomic E-state index is 12.6. The van der Waals surface area contributed by atoms with Crippen molar-refractivity contribution >= 4 is 17.3 Å². The fourth-order valence-corrected chi connectivity index (χ4v) is 1.68. The van der Waals surface area contributed by atoms with E-state index in [2.05, 4.69) is 0 Å². The van der Waals surface area contributed by atoms with Crippen LogP contribution in [0.2, 0.25) is 0 Å². The molecule has 0 fully saturated rings. The van der Waals surface area contributed by atoms with Gasteiger partial charge in [-0.05, 0) is 18.1 Å². The summed E-state index contributed by atoms with van der Waals surface area (Å²) in [7, 11) is 0. The van der Waals surface area contributed by atoms with Gasteiger partial charge in [-0.2, -0.15) is 13.2 Å². The molecule has 3 nitrogen and oxygen atoms in total. The SMILES string of the molecule is Cc1c(CCl)ccc([N+](=O)[O-])c1C(F)(F)F. The summed E-state index contributed by atoms with van der Waals surface area (Å²) in [5.41, 5.74) is -2.13. The summed E-state index contributed by atoms with van der Waals surface area (Å²) in [6.07, 6.45) is -4.76. The highest BCUT2D eigenvalue weighted by Gasteiger charge is 2.40. The van der Waals surface area contributed by atoms with Crippen molar-refractivity contribution in [3.05, 3.63) is 38.9 Å². The van der Waals surface area contributed by atoms with Gasteiger partial charge < -0.3 is 0 Å². The van der Waals surface area contributed by atoms with E-state index in [9.17, 15) is 23.3 Å². The molecule has 0 atom stereocenters. The van der Waals surface area contributed by atoms with Crippen molar-refractivity contribution in [1.82, 2.24) is 0 Å². The predicted octanol–water partition coefficient (Wildman–Crippen LogP) is 3.66. The fourth-order valence-electron chi connectivity index (χ4n) is 1.40. The first kappa shape index (κ1) is 12.8. The van der Waals surface area contributed by atoms with Crippen LogP contribution in [0.1, 0.15) is 16.7 Å². The molecule has 88 valence electrons. The van der Waals surface area contributed by atoms with Crippen LogP contribution in [0.5, 0.6) is 0 Å². The Labute approximate surface area is 94.0 Å². The summed E-state index contributed by atoms with van der Waals surface area (Å²) in [4.78, 5) is 9.45. The molecule has 0 saturated carbocycles. The van der Waals surface area contributed by atoms with Gasteiger partial charge >= 0.3 is 6.18 Å². The van der Waals surface area contributed by atoms with Gasteiger partial charge in [0.2, 0.25) is 0 Å². The van der Waals surface area contributed by atoms with Gasteiger partial charge in [-0.1, -0.05) is 6.07 Å². The lowest BCUT2D eigenvalue weighted by atomic mass is 10.0. The van der Waals surface area contributed by atoms with Crippen LogP contribution < -0.4 is 0 Å². The van der Waals surface area contributed by atoms with Gasteiger partial charge in [0, 0.05) is 11.9 Å². The zero-order chi connectivity index (χ0) is 12.5. The lowest BCUT2D eigenvalue weighted by molar-refractivity contribution is -0.388. The molecular weight excluding hydrogens is 247 g/mol. The predicted molar refractivity (Wildman–Crippen MR) is 52.4 cm³/mol. The number of hydrogen-bond acceptors (Lipinski definition) is 2. The van der Waals surface area contributed by atoms with Gasteiger partial charge in [0.25, 0.3) is 5.69 Å². The molecule has 0 spiro atoms. The molecule has 0 aliphatic rings. The first-order chi connectivity index (χ1) is 7.29. The van der Waals surface area contributed by atoms with Crippen LogP contribution in [0, 0.1) is 17.0 Å². The van der Waals surface area contributed by atoms with E-state index < -0.39 is 22.4 Å². The van der Waals surface area contributed by atoms with Crippen LogP contribution in [0.3, 0.4) is 0 Å². The monoisotopic (exact) mass is 253 g/mol. The lowest BCUT2D eigenvalue weighted by Gasteiger charge is -2.12. The van der Waals surface area contributed by atoms with E-state index in [1.54, 1.807) is 0 Å². The second kappa shape index (κ2) is 4.29. The van der Waals surface area contributed by atoms with Crippen molar-refractivity contribution in [3.8, 4) is 0 Å². The van der Waals surface area contributed by atoms with Crippen LogP contribution in [-0.2, 0) is 12.1 Å². The van der Waals surface area contributed by atoms with Crippen LogP contribution >= 0.6 is 11.6 Å². The van der Waals surface area contributed by atoms with Crippen molar-refractivity contribution in [1.29, 1.82) is 0 Å². The number of rotatable bonds is 2. The van der Waals surface area contributed by atoms with Crippen molar-refractivity contribution in [2.75, 3.05) is 0 Å². The Hall–Kier alpha value is -1.30. The maximum absolute atomic E-state index is 12.6. The molecule has 0 aliphatic heterocycles. The standard InChI is InChI=1S/C9H7ClF3NO2/c1-5-6(4-10)2-3-7(14(15)16)8(5)9(11,12)13/h2-3H,4H2,1H3. The quantitative estimate of drug-likeness (QED) is 0.459. The minimum Gasteiger partial charge on any atom is -0.258 e. The van der Waals surface area contributed by atoms with Crippen LogP contribution in [0.25, 0.3) is 0 Å². The summed E-state index contributed by atoms with van der Waals surface area (Å²) >= 11 is 5.45. The van der Waals surface area contributed by atoms with E-state index in [-0.39, 0.29) is 17.0 Å². The molecule has 1 aromatic rings. The minimum atomic E-state index is -4.76. The largest absolute Gasteiger partial charge is 0.423 e. The molecule has 0 amide bonds. The maximum Gasteiger partial charge on any atom is 0.423 e. The van der Waals surface area contributed by atoms with Gasteiger partial charge in [-0.3, -0.25) is 10.1 Å². The highest BCUT2D eigenvalue weighted by atomic mass is 35.5. The second-order valence-electron chi connectivity index (χ2n) is 3.13. The molecule has 0 saturated heterocycles. The zero-order valence-electron chi connectivity index (χ0n) is 8.14. The average Bonchev–Trinajstić information content (AvgIpc) is 2.14. The van der Waals surface area contributed by atoms with Gasteiger partial charge in [0.05, 0.1) is 4.92 Å². The van der Waals surface area contributed by atoms with Crippen molar-refractivity contribution in [2.24, 2.45) is 0 Å². The number of hydrogen-bond donors (Lipinski definition) is 0. The van der Waals surface area contributed by atoms with E-state index in [4.69, 9.17) is 11.6 Å². The summed E-state index contributed by atoms with van der Waals surface area (Å²) in [5, 5.41) is 10.5. The second-order valence-corrected chi connectivity index (χ2v) is 3.40. The Bertz CT molecular complexity index is 431. The number of benzene rings is 1. The molecule has 0 aliphatic carbocycles. The average molecular weight is 254 g/mol. The number of nitrogens with zero attached hydrogens (tertiary/aromatic N) is 1. The van der Waals surface area contributed by atoms with E-state index in [0.717, 1.165) is 6.07 Å². The first-order valence-electron chi connectivity index (χ1n) is 4.19. The molecule has 1 rings (SSSR count). The van der Waals surface area contributed by atoms with Crippen molar-refractivity contribution in [2.45, 2.75) is 19.0 Å². The molecule has 0 N–H and O–H groups in total. The van der Waals surface area contributed by atoms with Gasteiger partial charge in [-0.15, -0.1) is 11.6 Å². The Morgan fingerprint density at radius 3 is 2.38 bits per heavy atom. The molecule has 0 heterocycles. The Kier molecular flexibility index (Phi) is 3.42. The Morgan fingerprint density at radius 2 is 2.00 bits per heavy atom. The molecule has 0 bridgehead atoms. The topological polar surface area (TPSA) is 43.1 Å². The van der Waals surface area contributed by atoms with Crippen molar-refractivity contribution < 1.29 is 18.1 Å². The van der Waals surface area contributed by atoms with Crippen LogP contribution in [-0.4, -0.2) is 4.92 Å². The Morgan fingerprint density at radius 1 is 1.44 bits per heavy atom. The smallest absolute Gasteiger partial charge is 0.258 e. The third kappa shape index (κ3) is 2.27. The molecular formula is C9H7ClF3NO2. The first-order valence-corrected chi connectivity index (χ1v) is 4.72. The van der Waals surface area contributed by atoms with E-state index in [0.29, 0.717) is 0 Å². The molecule has 1 aromatic carbocycles. The van der Waals surface area contributed by atoms with E-state index >= 15 is 0 Å². The Balaban J connectivity index is 3.56. The van der Waals surface area contributed by atoms with Crippen molar-refractivity contribution in [3.63, 3.8) is 0 Å². The third-order valence-electron chi connectivity index (χ3n) is 2.18. The summed E-state index contributed by atoms with van der Waals surface area (Å²) < 4.78 is 37.9. The normalized spacial score (nSPS) is 11.6. The lowest BCUT2D eigenvalue weighted by Crippen LogP contribution is -2.12. The van der Waals surface area contributed by atoms with Crippen LogP contribution in [0.4, 0.5) is 18.9 Å². The molecule has 0 aromatic heterocycles. The summed E-state index contributed by atoms with van der Waals surface area (Å²) in [5.74, 6) is -0.118. The molecule has 0 radical (unpaired) electrons. The minimum absolute atomic E-state index is 0.118. The van der Waals surface area contributed by atoms with Crippen LogP contribution in [0.15, 0.2) is 12.1 Å². The number of nitro benzene ring substituents is 1. The molecule has 0 unspecified atom stereocenters. The van der Waals surface area contributed by atoms with Gasteiger partial charge in [0.15, 0.2) is 0 Å². The summed E-state index contributed by atoms with van der Waals surface area (Å²) in [6.45, 7) is 1.17. The third-order valence-corrected chi connectivity index (χ3v) is 2.47. The highest BCUT2D eigenvalue weighted by molar-refractivity contribution is 6.17. The van der Waals surface area contributed by atoms with E-state index in [1.807, 2.05) is 0 Å². The molecule has 7 heteroatoms. The fraction of sp³-hybridized carbons (Fsp3) is 0.333.